The van der Waals surface area contributed by atoms with Gasteiger partial charge in [-0.25, -0.2) is 9.97 Å². The Kier molecular flexibility index (Phi) is 4.28. The molecule has 0 spiro atoms. The minimum Gasteiger partial charge on any atom is -0.365 e. The highest BCUT2D eigenvalue weighted by Crippen LogP contribution is 2.40. The average Bonchev–Trinajstić information content (AvgIpc) is 3.38. The van der Waals surface area contributed by atoms with Gasteiger partial charge in [-0.1, -0.05) is 18.2 Å². The van der Waals surface area contributed by atoms with Gasteiger partial charge in [0.25, 0.3) is 0 Å². The number of rotatable bonds is 4. The minimum atomic E-state index is -0.101. The SMILES string of the molecule is O=c1cc(CNc2nc(-c3cccnc3)nc3sc4c(c23)CCC4)c2ccccc2[nH]1. The zero-order valence-electron chi connectivity index (χ0n) is 16.7. The summed E-state index contributed by atoms with van der Waals surface area (Å²) in [5, 5.41) is 5.69. The molecule has 0 radical (unpaired) electrons. The molecule has 4 heterocycles. The standard InChI is InChI=1S/C24H19N5OS/c30-20-11-15(16-6-1-2-8-18(16)27-20)13-26-23-21-17-7-3-9-19(17)31-24(21)29-22(28-23)14-5-4-10-25-12-14/h1-2,4-6,8,10-12H,3,7,9,13H2,(H,27,30)(H,26,28,29). The lowest BCUT2D eigenvalue weighted by molar-refractivity contribution is 0.917. The van der Waals surface area contributed by atoms with Crippen LogP contribution >= 0.6 is 11.3 Å². The number of aromatic amines is 1. The summed E-state index contributed by atoms with van der Waals surface area (Å²) in [5.41, 5.74) is 3.95. The number of anilines is 1. The molecule has 5 aromatic rings. The van der Waals surface area contributed by atoms with E-state index in [0.717, 1.165) is 50.9 Å². The monoisotopic (exact) mass is 425 g/mol. The van der Waals surface area contributed by atoms with Gasteiger partial charge in [0, 0.05) is 46.3 Å². The molecule has 1 aliphatic carbocycles. The Hall–Kier alpha value is -3.58. The highest BCUT2D eigenvalue weighted by molar-refractivity contribution is 7.19. The molecule has 0 amide bonds. The van der Waals surface area contributed by atoms with Gasteiger partial charge in [0.05, 0.1) is 5.39 Å². The third-order valence-corrected chi connectivity index (χ3v) is 6.95. The number of nitrogens with one attached hydrogen (secondary N) is 2. The summed E-state index contributed by atoms with van der Waals surface area (Å²) < 4.78 is 0. The molecule has 1 aliphatic rings. The van der Waals surface area contributed by atoms with E-state index in [4.69, 9.17) is 9.97 Å². The van der Waals surface area contributed by atoms with Crippen molar-refractivity contribution < 1.29 is 0 Å². The van der Waals surface area contributed by atoms with Gasteiger partial charge in [0.2, 0.25) is 5.56 Å². The van der Waals surface area contributed by atoms with E-state index in [2.05, 4.69) is 15.3 Å². The summed E-state index contributed by atoms with van der Waals surface area (Å²) in [6.45, 7) is 0.508. The van der Waals surface area contributed by atoms with Gasteiger partial charge in [-0.3, -0.25) is 9.78 Å². The molecule has 0 fully saturated rings. The second-order valence-corrected chi connectivity index (χ2v) is 8.82. The maximum Gasteiger partial charge on any atom is 0.248 e. The molecule has 0 saturated heterocycles. The molecular weight excluding hydrogens is 406 g/mol. The molecule has 7 heteroatoms. The number of para-hydroxylation sites is 1. The predicted octanol–water partition coefficient (Wildman–Crippen LogP) is 4.70. The van der Waals surface area contributed by atoms with E-state index in [1.54, 1.807) is 29.8 Å². The molecule has 0 atom stereocenters. The van der Waals surface area contributed by atoms with Crippen molar-refractivity contribution in [3.63, 3.8) is 0 Å². The second-order valence-electron chi connectivity index (χ2n) is 7.73. The fraction of sp³-hybridized carbons (Fsp3) is 0.167. The van der Waals surface area contributed by atoms with Crippen LogP contribution in [0.25, 0.3) is 32.5 Å². The smallest absolute Gasteiger partial charge is 0.248 e. The number of hydrogen-bond donors (Lipinski definition) is 2. The predicted molar refractivity (Wildman–Crippen MR) is 125 cm³/mol. The first-order chi connectivity index (χ1) is 15.3. The first kappa shape index (κ1) is 18.2. The molecular formula is C24H19N5OS. The quantitative estimate of drug-likeness (QED) is 0.436. The van der Waals surface area contributed by atoms with E-state index in [9.17, 15) is 4.79 Å². The average molecular weight is 426 g/mol. The molecule has 152 valence electrons. The molecule has 2 N–H and O–H groups in total. The Labute approximate surface area is 182 Å². The van der Waals surface area contributed by atoms with Gasteiger partial charge in [-0.15, -0.1) is 11.3 Å². The summed E-state index contributed by atoms with van der Waals surface area (Å²) in [6, 6.07) is 13.4. The van der Waals surface area contributed by atoms with Crippen LogP contribution < -0.4 is 10.9 Å². The van der Waals surface area contributed by atoms with Crippen molar-refractivity contribution in [2.24, 2.45) is 0 Å². The van der Waals surface area contributed by atoms with Gasteiger partial charge in [-0.05, 0) is 48.6 Å². The van der Waals surface area contributed by atoms with Crippen LogP contribution in [0.3, 0.4) is 0 Å². The fourth-order valence-electron chi connectivity index (χ4n) is 4.35. The van der Waals surface area contributed by atoms with E-state index < -0.39 is 0 Å². The van der Waals surface area contributed by atoms with Crippen LogP contribution in [-0.2, 0) is 19.4 Å². The largest absolute Gasteiger partial charge is 0.365 e. The fourth-order valence-corrected chi connectivity index (χ4v) is 5.61. The van der Waals surface area contributed by atoms with Gasteiger partial charge in [0.15, 0.2) is 5.82 Å². The number of thiophene rings is 1. The number of aromatic nitrogens is 4. The van der Waals surface area contributed by atoms with Crippen LogP contribution in [0.1, 0.15) is 22.4 Å². The Balaban J connectivity index is 1.47. The molecule has 31 heavy (non-hydrogen) atoms. The number of H-pyrrole nitrogens is 1. The summed E-state index contributed by atoms with van der Waals surface area (Å²) in [5.74, 6) is 1.49. The molecule has 6 rings (SSSR count). The first-order valence-corrected chi connectivity index (χ1v) is 11.2. The second kappa shape index (κ2) is 7.28. The highest BCUT2D eigenvalue weighted by Gasteiger charge is 2.23. The maximum absolute atomic E-state index is 12.2. The molecule has 0 saturated carbocycles. The number of pyridine rings is 2. The normalized spacial score (nSPS) is 13.0. The minimum absolute atomic E-state index is 0.101. The van der Waals surface area contributed by atoms with Crippen LogP contribution in [0.5, 0.6) is 0 Å². The van der Waals surface area contributed by atoms with E-state index in [0.29, 0.717) is 12.4 Å². The van der Waals surface area contributed by atoms with Crippen molar-refractivity contribution >= 4 is 38.3 Å². The van der Waals surface area contributed by atoms with E-state index in [1.165, 1.54) is 16.9 Å². The number of benzene rings is 1. The van der Waals surface area contributed by atoms with Crippen molar-refractivity contribution in [1.29, 1.82) is 0 Å². The number of hydrogen-bond acceptors (Lipinski definition) is 6. The Morgan fingerprint density at radius 3 is 2.94 bits per heavy atom. The van der Waals surface area contributed by atoms with Gasteiger partial charge in [-0.2, -0.15) is 0 Å². The number of nitrogens with zero attached hydrogens (tertiary/aromatic N) is 3. The summed E-state index contributed by atoms with van der Waals surface area (Å²) in [6.07, 6.45) is 6.89. The maximum atomic E-state index is 12.2. The van der Waals surface area contributed by atoms with E-state index >= 15 is 0 Å². The van der Waals surface area contributed by atoms with Crippen molar-refractivity contribution in [2.45, 2.75) is 25.8 Å². The molecule has 1 aromatic carbocycles. The van der Waals surface area contributed by atoms with Crippen molar-refractivity contribution in [3.05, 3.63) is 81.2 Å². The highest BCUT2D eigenvalue weighted by atomic mass is 32.1. The lowest BCUT2D eigenvalue weighted by Gasteiger charge is -2.12. The zero-order chi connectivity index (χ0) is 20.8. The molecule has 6 nitrogen and oxygen atoms in total. The van der Waals surface area contributed by atoms with Crippen molar-refractivity contribution in [2.75, 3.05) is 5.32 Å². The van der Waals surface area contributed by atoms with Crippen LogP contribution in [-0.4, -0.2) is 19.9 Å². The van der Waals surface area contributed by atoms with Crippen LogP contribution in [0, 0.1) is 0 Å². The molecule has 0 bridgehead atoms. The van der Waals surface area contributed by atoms with E-state index in [-0.39, 0.29) is 5.56 Å². The summed E-state index contributed by atoms with van der Waals surface area (Å²) >= 11 is 1.77. The topological polar surface area (TPSA) is 83.6 Å². The van der Waals surface area contributed by atoms with Gasteiger partial charge < -0.3 is 10.3 Å². The lowest BCUT2D eigenvalue weighted by Crippen LogP contribution is -2.10. The van der Waals surface area contributed by atoms with Crippen LogP contribution in [0.4, 0.5) is 5.82 Å². The summed E-state index contributed by atoms with van der Waals surface area (Å²) in [7, 11) is 0. The Bertz CT molecular complexity index is 1490. The van der Waals surface area contributed by atoms with Crippen LogP contribution in [0.15, 0.2) is 59.7 Å². The third kappa shape index (κ3) is 3.18. The molecule has 4 aromatic heterocycles. The molecule has 0 aliphatic heterocycles. The summed E-state index contributed by atoms with van der Waals surface area (Å²) in [4.78, 5) is 31.5. The van der Waals surface area contributed by atoms with Crippen molar-refractivity contribution in [3.8, 4) is 11.4 Å². The third-order valence-electron chi connectivity index (χ3n) is 5.77. The van der Waals surface area contributed by atoms with Crippen LogP contribution in [0.2, 0.25) is 0 Å². The number of aryl methyl sites for hydroxylation is 2. The van der Waals surface area contributed by atoms with Gasteiger partial charge >= 0.3 is 0 Å². The van der Waals surface area contributed by atoms with Crippen molar-refractivity contribution in [1.82, 2.24) is 19.9 Å². The first-order valence-electron chi connectivity index (χ1n) is 10.3. The number of fused-ring (bicyclic) bond motifs is 4. The Morgan fingerprint density at radius 1 is 1.10 bits per heavy atom. The molecule has 0 unspecified atom stereocenters. The zero-order valence-corrected chi connectivity index (χ0v) is 17.5. The lowest BCUT2D eigenvalue weighted by atomic mass is 10.1. The van der Waals surface area contributed by atoms with Gasteiger partial charge in [0.1, 0.15) is 10.6 Å². The Morgan fingerprint density at radius 2 is 2.03 bits per heavy atom. The van der Waals surface area contributed by atoms with E-state index in [1.807, 2.05) is 36.4 Å².